The lowest BCUT2D eigenvalue weighted by atomic mass is 9.58. The number of ketones is 2. The van der Waals surface area contributed by atoms with E-state index in [2.05, 4.69) is 0 Å². The van der Waals surface area contributed by atoms with Crippen LogP contribution in [0.4, 0.5) is 13.2 Å². The molecule has 222 valence electrons. The van der Waals surface area contributed by atoms with Crippen molar-refractivity contribution in [2.24, 2.45) is 17.6 Å². The maximum Gasteiger partial charge on any atom is 0.416 e. The zero-order valence-electron chi connectivity index (χ0n) is 22.7. The number of Topliss-reactive ketones (excluding diaryl/α,β-unsaturated/α-hetero) is 2. The molecule has 0 heterocycles. The number of hydrogen-bond acceptors (Lipinski definition) is 8. The topological polar surface area (TPSA) is 161 Å². The van der Waals surface area contributed by atoms with Gasteiger partial charge in [-0.25, -0.2) is 0 Å². The first-order valence-corrected chi connectivity index (χ1v) is 13.2. The smallest absolute Gasteiger partial charge is 0.416 e. The van der Waals surface area contributed by atoms with Crippen LogP contribution in [0.5, 0.6) is 5.75 Å². The van der Waals surface area contributed by atoms with Crippen LogP contribution < -0.4 is 5.73 Å². The number of aryl methyl sites for hydroxylation is 2. The maximum atomic E-state index is 13.8. The van der Waals surface area contributed by atoms with Crippen molar-refractivity contribution in [1.82, 2.24) is 4.90 Å². The number of likely N-dealkylation sites (N-methyl/N-ethyl adjacent to an activating group) is 1. The van der Waals surface area contributed by atoms with Crippen molar-refractivity contribution in [2.45, 2.75) is 43.5 Å². The van der Waals surface area contributed by atoms with Crippen molar-refractivity contribution in [3.8, 4) is 5.75 Å². The molecule has 0 fully saturated rings. The van der Waals surface area contributed by atoms with Crippen LogP contribution in [0, 0.1) is 11.8 Å². The minimum Gasteiger partial charge on any atom is -0.510 e. The molecule has 9 nitrogen and oxygen atoms in total. The van der Waals surface area contributed by atoms with E-state index < -0.39 is 69.8 Å². The van der Waals surface area contributed by atoms with Crippen LogP contribution in [0.25, 0.3) is 0 Å². The van der Waals surface area contributed by atoms with Gasteiger partial charge < -0.3 is 26.2 Å². The molecular weight excluding hydrogens is 557 g/mol. The Morgan fingerprint density at radius 2 is 1.69 bits per heavy atom. The third-order valence-electron chi connectivity index (χ3n) is 8.67. The molecule has 4 atom stereocenters. The van der Waals surface area contributed by atoms with E-state index in [9.17, 15) is 48.0 Å². The van der Waals surface area contributed by atoms with Crippen LogP contribution >= 0.6 is 0 Å². The molecule has 0 aromatic heterocycles. The van der Waals surface area contributed by atoms with Gasteiger partial charge in [0.15, 0.2) is 11.4 Å². The number of allylic oxidation sites excluding steroid dienone is 1. The number of benzene rings is 2. The van der Waals surface area contributed by atoms with Crippen LogP contribution in [0.15, 0.2) is 59.1 Å². The standard InChI is InChI=1S/C30H29F3N2O7/c1-35(2)23-18-12-15-11-17-14(6-3-13-4-8-16(9-5-13)30(31,32)33)7-10-19(36)21(17)24(37)20(15)26(39)29(18,42)27(40)22(25(23)38)28(34)41/h4-5,7-10,15,18,23,36,38-39,42H,3,6,11-12H2,1-2H3,(H2,34,41). The van der Waals surface area contributed by atoms with Gasteiger partial charge in [0.05, 0.1) is 17.2 Å². The van der Waals surface area contributed by atoms with E-state index in [1.54, 1.807) is 20.2 Å². The molecule has 0 saturated carbocycles. The number of aliphatic hydroxyl groups excluding tert-OH is 2. The zero-order chi connectivity index (χ0) is 30.9. The number of alkyl halides is 3. The van der Waals surface area contributed by atoms with Crippen molar-refractivity contribution in [1.29, 1.82) is 0 Å². The quantitative estimate of drug-likeness (QED) is 0.334. The van der Waals surface area contributed by atoms with Crippen LogP contribution in [-0.4, -0.2) is 68.5 Å². The summed E-state index contributed by atoms with van der Waals surface area (Å²) < 4.78 is 38.8. The fourth-order valence-corrected chi connectivity index (χ4v) is 6.69. The van der Waals surface area contributed by atoms with Crippen LogP contribution in [-0.2, 0) is 35.0 Å². The second-order valence-corrected chi connectivity index (χ2v) is 11.3. The first kappa shape index (κ1) is 29.3. The van der Waals surface area contributed by atoms with Gasteiger partial charge in [-0.15, -0.1) is 0 Å². The van der Waals surface area contributed by atoms with Gasteiger partial charge in [0.25, 0.3) is 5.91 Å². The van der Waals surface area contributed by atoms with E-state index in [0.717, 1.165) is 12.1 Å². The number of aromatic hydroxyl groups is 1. The minimum atomic E-state index is -4.46. The average Bonchev–Trinajstić information content (AvgIpc) is 2.89. The van der Waals surface area contributed by atoms with E-state index in [1.807, 2.05) is 0 Å². The SMILES string of the molecule is CN(C)C1C(O)=C(C(N)=O)C(=O)C2(O)C(O)=C3C(=O)c4c(O)ccc(CCc5ccc(C(F)(F)F)cc5)c4CC3CC12. The van der Waals surface area contributed by atoms with E-state index in [4.69, 9.17) is 5.73 Å². The summed E-state index contributed by atoms with van der Waals surface area (Å²) in [6.07, 6.45) is -3.70. The van der Waals surface area contributed by atoms with Crippen molar-refractivity contribution >= 4 is 17.5 Å². The van der Waals surface area contributed by atoms with Crippen molar-refractivity contribution in [2.75, 3.05) is 14.1 Å². The number of primary amides is 1. The van der Waals surface area contributed by atoms with Crippen molar-refractivity contribution < 1.29 is 48.0 Å². The Morgan fingerprint density at radius 1 is 1.05 bits per heavy atom. The summed E-state index contributed by atoms with van der Waals surface area (Å²) >= 11 is 0. The Balaban J connectivity index is 1.55. The molecule has 0 spiro atoms. The van der Waals surface area contributed by atoms with Gasteiger partial charge in [0, 0.05) is 11.5 Å². The lowest BCUT2D eigenvalue weighted by Gasteiger charge is -2.50. The Bertz CT molecular complexity index is 1580. The molecular formula is C30H29F3N2O7. The highest BCUT2D eigenvalue weighted by atomic mass is 19.4. The number of rotatable bonds is 5. The predicted molar refractivity (Wildman–Crippen MR) is 143 cm³/mol. The molecule has 42 heavy (non-hydrogen) atoms. The molecule has 6 N–H and O–H groups in total. The highest BCUT2D eigenvalue weighted by Crippen LogP contribution is 2.52. The number of phenols is 1. The van der Waals surface area contributed by atoms with Crippen LogP contribution in [0.1, 0.15) is 39.0 Å². The van der Waals surface area contributed by atoms with Crippen molar-refractivity contribution in [3.05, 3.63) is 86.9 Å². The number of halogens is 3. The Labute approximate surface area is 238 Å². The summed E-state index contributed by atoms with van der Waals surface area (Å²) in [6, 6.07) is 6.57. The van der Waals surface area contributed by atoms with Crippen molar-refractivity contribution in [3.63, 3.8) is 0 Å². The summed E-state index contributed by atoms with van der Waals surface area (Å²) in [5, 5.41) is 44.5. The zero-order valence-corrected chi connectivity index (χ0v) is 22.7. The summed E-state index contributed by atoms with van der Waals surface area (Å²) in [5.74, 6) is -7.25. The van der Waals surface area contributed by atoms with Gasteiger partial charge in [0.1, 0.15) is 22.8 Å². The van der Waals surface area contributed by atoms with Gasteiger partial charge in [-0.3, -0.25) is 19.3 Å². The fourth-order valence-electron chi connectivity index (χ4n) is 6.69. The summed E-state index contributed by atoms with van der Waals surface area (Å²) in [6.45, 7) is 0. The number of carbonyl (C=O) groups excluding carboxylic acids is 3. The molecule has 0 radical (unpaired) electrons. The molecule has 12 heteroatoms. The fraction of sp³-hybridized carbons (Fsp3) is 0.367. The minimum absolute atomic E-state index is 0.0419. The van der Waals surface area contributed by atoms with Gasteiger partial charge >= 0.3 is 6.18 Å². The summed E-state index contributed by atoms with van der Waals surface area (Å²) in [4.78, 5) is 40.7. The second kappa shape index (κ2) is 9.99. The third kappa shape index (κ3) is 4.36. The lowest BCUT2D eigenvalue weighted by Crippen LogP contribution is -2.63. The van der Waals surface area contributed by atoms with Crippen LogP contribution in [0.2, 0.25) is 0 Å². The molecule has 0 saturated heterocycles. The Morgan fingerprint density at radius 3 is 2.26 bits per heavy atom. The second-order valence-electron chi connectivity index (χ2n) is 11.3. The number of phenolic OH excluding ortho intramolecular Hbond substituents is 1. The molecule has 0 aliphatic heterocycles. The van der Waals surface area contributed by atoms with Gasteiger partial charge in [-0.05, 0) is 80.6 Å². The largest absolute Gasteiger partial charge is 0.510 e. The number of fused-ring (bicyclic) bond motifs is 3. The summed E-state index contributed by atoms with van der Waals surface area (Å²) in [7, 11) is 3.09. The number of carbonyl (C=O) groups is 3. The Hall–Kier alpha value is -4.16. The Kier molecular flexibility index (Phi) is 6.97. The number of nitrogens with two attached hydrogens (primary N) is 1. The predicted octanol–water partition coefficient (Wildman–Crippen LogP) is 2.92. The summed E-state index contributed by atoms with van der Waals surface area (Å²) in [5.41, 5.74) is 2.39. The molecule has 2 aromatic carbocycles. The molecule has 3 aliphatic rings. The number of nitrogens with zero attached hydrogens (tertiary/aromatic N) is 1. The molecule has 5 rings (SSSR count). The van der Waals surface area contributed by atoms with E-state index in [1.165, 1.54) is 23.1 Å². The highest BCUT2D eigenvalue weighted by Gasteiger charge is 2.63. The average molecular weight is 587 g/mol. The number of amides is 1. The molecule has 4 unspecified atom stereocenters. The normalized spacial score (nSPS) is 25.8. The van der Waals surface area contributed by atoms with E-state index in [0.29, 0.717) is 29.5 Å². The highest BCUT2D eigenvalue weighted by molar-refractivity contribution is 6.24. The van der Waals surface area contributed by atoms with Crippen LogP contribution in [0.3, 0.4) is 0 Å². The molecule has 1 amide bonds. The molecule has 0 bridgehead atoms. The van der Waals surface area contributed by atoms with Gasteiger partial charge in [-0.1, -0.05) is 18.2 Å². The number of aliphatic hydroxyl groups is 3. The van der Waals surface area contributed by atoms with E-state index in [-0.39, 0.29) is 29.7 Å². The molecule has 3 aliphatic carbocycles. The maximum absolute atomic E-state index is 13.8. The van der Waals surface area contributed by atoms with Gasteiger partial charge in [0.2, 0.25) is 5.78 Å². The first-order valence-electron chi connectivity index (χ1n) is 13.2. The third-order valence-corrected chi connectivity index (χ3v) is 8.67. The lowest BCUT2D eigenvalue weighted by molar-refractivity contribution is -0.148. The van der Waals surface area contributed by atoms with E-state index >= 15 is 0 Å². The monoisotopic (exact) mass is 586 g/mol. The number of hydrogen-bond donors (Lipinski definition) is 5. The first-order chi connectivity index (χ1) is 19.6. The molecule has 2 aromatic rings. The van der Waals surface area contributed by atoms with Gasteiger partial charge in [-0.2, -0.15) is 13.2 Å².